The Kier molecular flexibility index (Phi) is 2.66. The highest BCUT2D eigenvalue weighted by atomic mass is 35.5. The molecule has 2 aromatic rings. The monoisotopic (exact) mass is 236 g/mol. The minimum atomic E-state index is -0.404. The Morgan fingerprint density at radius 3 is 2.56 bits per heavy atom. The molecule has 0 radical (unpaired) electrons. The van der Waals surface area contributed by atoms with Gasteiger partial charge in [-0.1, -0.05) is 29.8 Å². The molecule has 0 aliphatic carbocycles. The van der Waals surface area contributed by atoms with E-state index >= 15 is 0 Å². The Balaban J connectivity index is 2.64. The highest BCUT2D eigenvalue weighted by Crippen LogP contribution is 2.34. The van der Waals surface area contributed by atoms with E-state index in [0.717, 1.165) is 0 Å². The lowest BCUT2D eigenvalue weighted by atomic mass is 10.1. The predicted molar refractivity (Wildman–Crippen MR) is 62.5 cm³/mol. The Morgan fingerprint density at radius 1 is 1.25 bits per heavy atom. The van der Waals surface area contributed by atoms with Crippen molar-refractivity contribution in [2.24, 2.45) is 7.05 Å². The van der Waals surface area contributed by atoms with Gasteiger partial charge in [-0.25, -0.2) is 0 Å². The number of benzene rings is 1. The number of nitrogens with zero attached hydrogens (tertiary/aromatic N) is 2. The number of nitro groups is 1. The van der Waals surface area contributed by atoms with Gasteiger partial charge in [0.25, 0.3) is 5.69 Å². The molecule has 0 aliphatic heterocycles. The van der Waals surface area contributed by atoms with Crippen LogP contribution in [-0.4, -0.2) is 9.49 Å². The zero-order valence-corrected chi connectivity index (χ0v) is 9.31. The molecule has 1 aromatic heterocycles. The van der Waals surface area contributed by atoms with Gasteiger partial charge >= 0.3 is 0 Å². The zero-order valence-electron chi connectivity index (χ0n) is 8.55. The number of hydrogen-bond donors (Lipinski definition) is 0. The maximum absolute atomic E-state index is 10.9. The van der Waals surface area contributed by atoms with E-state index in [2.05, 4.69) is 0 Å². The summed E-state index contributed by atoms with van der Waals surface area (Å²) in [4.78, 5) is 10.5. The number of hydrogen-bond acceptors (Lipinski definition) is 2. The molecular formula is C11H9ClN2O2. The average Bonchev–Trinajstić information content (AvgIpc) is 2.61. The molecule has 16 heavy (non-hydrogen) atoms. The van der Waals surface area contributed by atoms with Crippen LogP contribution in [0.1, 0.15) is 0 Å². The summed E-state index contributed by atoms with van der Waals surface area (Å²) in [5.41, 5.74) is 1.28. The van der Waals surface area contributed by atoms with Crippen LogP contribution in [0.5, 0.6) is 0 Å². The van der Waals surface area contributed by atoms with Crippen LogP contribution in [0.4, 0.5) is 5.69 Å². The minimum absolute atomic E-state index is 0.0654. The van der Waals surface area contributed by atoms with Crippen LogP contribution in [0.2, 0.25) is 5.02 Å². The minimum Gasteiger partial charge on any atom is -0.350 e. The van der Waals surface area contributed by atoms with Crippen LogP contribution >= 0.6 is 11.6 Å². The van der Waals surface area contributed by atoms with Crippen LogP contribution in [-0.2, 0) is 7.05 Å². The third-order valence-corrected chi connectivity index (χ3v) is 2.62. The molecule has 0 fully saturated rings. The summed E-state index contributed by atoms with van der Waals surface area (Å²) in [5.74, 6) is 0. The SMILES string of the molecule is Cn1cc(-c2ccccc2Cl)c([N+](=O)[O-])c1. The molecule has 4 nitrogen and oxygen atoms in total. The van der Waals surface area contributed by atoms with Gasteiger partial charge in [0.05, 0.1) is 16.7 Å². The Morgan fingerprint density at radius 2 is 1.94 bits per heavy atom. The molecule has 2 rings (SSSR count). The number of rotatable bonds is 2. The number of halogens is 1. The van der Waals surface area contributed by atoms with E-state index in [9.17, 15) is 10.1 Å². The van der Waals surface area contributed by atoms with Crippen LogP contribution in [0.3, 0.4) is 0 Å². The fourth-order valence-electron chi connectivity index (χ4n) is 1.60. The third-order valence-electron chi connectivity index (χ3n) is 2.30. The van der Waals surface area contributed by atoms with Crippen molar-refractivity contribution in [3.63, 3.8) is 0 Å². The Bertz CT molecular complexity index is 549. The van der Waals surface area contributed by atoms with Crippen molar-refractivity contribution in [1.29, 1.82) is 0 Å². The van der Waals surface area contributed by atoms with Gasteiger partial charge in [-0.3, -0.25) is 10.1 Å². The molecule has 0 amide bonds. The van der Waals surface area contributed by atoms with Crippen molar-refractivity contribution in [2.45, 2.75) is 0 Å². The van der Waals surface area contributed by atoms with Gasteiger partial charge in [-0.2, -0.15) is 0 Å². The first-order chi connectivity index (χ1) is 7.59. The average molecular weight is 237 g/mol. The van der Waals surface area contributed by atoms with Crippen LogP contribution < -0.4 is 0 Å². The Labute approximate surface area is 97.2 Å². The molecule has 0 saturated heterocycles. The van der Waals surface area contributed by atoms with Crippen molar-refractivity contribution in [3.8, 4) is 11.1 Å². The number of aromatic nitrogens is 1. The predicted octanol–water partition coefficient (Wildman–Crippen LogP) is 3.25. The molecule has 5 heteroatoms. The smallest absolute Gasteiger partial charge is 0.294 e. The lowest BCUT2D eigenvalue weighted by Crippen LogP contribution is -1.88. The van der Waals surface area contributed by atoms with E-state index in [1.165, 1.54) is 6.20 Å². The summed E-state index contributed by atoms with van der Waals surface area (Å²) in [6.07, 6.45) is 3.16. The summed E-state index contributed by atoms with van der Waals surface area (Å²) in [5, 5.41) is 11.4. The second kappa shape index (κ2) is 3.98. The lowest BCUT2D eigenvalue weighted by molar-refractivity contribution is -0.384. The van der Waals surface area contributed by atoms with E-state index in [1.54, 1.807) is 42.1 Å². The molecule has 82 valence electrons. The highest BCUT2D eigenvalue weighted by molar-refractivity contribution is 6.33. The zero-order chi connectivity index (χ0) is 11.7. The topological polar surface area (TPSA) is 48.1 Å². The molecule has 1 heterocycles. The fourth-order valence-corrected chi connectivity index (χ4v) is 1.84. The van der Waals surface area contributed by atoms with E-state index in [4.69, 9.17) is 11.6 Å². The molecular weight excluding hydrogens is 228 g/mol. The van der Waals surface area contributed by atoms with Crippen LogP contribution in [0.15, 0.2) is 36.7 Å². The second-order valence-electron chi connectivity index (χ2n) is 3.46. The van der Waals surface area contributed by atoms with Gasteiger partial charge in [0.2, 0.25) is 0 Å². The fraction of sp³-hybridized carbons (Fsp3) is 0.0909. The quantitative estimate of drug-likeness (QED) is 0.594. The molecule has 0 unspecified atom stereocenters. The molecule has 0 atom stereocenters. The van der Waals surface area contributed by atoms with Crippen molar-refractivity contribution < 1.29 is 4.92 Å². The third kappa shape index (κ3) is 1.79. The van der Waals surface area contributed by atoms with Gasteiger partial charge in [0.1, 0.15) is 0 Å². The van der Waals surface area contributed by atoms with E-state index in [0.29, 0.717) is 16.1 Å². The molecule has 0 aliphatic rings. The van der Waals surface area contributed by atoms with Gasteiger partial charge in [-0.05, 0) is 6.07 Å². The van der Waals surface area contributed by atoms with Gasteiger partial charge in [-0.15, -0.1) is 0 Å². The first-order valence-corrected chi connectivity index (χ1v) is 5.02. The Hall–Kier alpha value is -1.81. The van der Waals surface area contributed by atoms with E-state index in [1.807, 2.05) is 0 Å². The van der Waals surface area contributed by atoms with Crippen LogP contribution in [0.25, 0.3) is 11.1 Å². The number of aryl methyl sites for hydroxylation is 1. The first kappa shape index (κ1) is 10.7. The molecule has 0 N–H and O–H groups in total. The van der Waals surface area contributed by atoms with Crippen molar-refractivity contribution in [3.05, 3.63) is 51.8 Å². The second-order valence-corrected chi connectivity index (χ2v) is 3.87. The van der Waals surface area contributed by atoms with Crippen molar-refractivity contribution in [2.75, 3.05) is 0 Å². The normalized spacial score (nSPS) is 10.4. The van der Waals surface area contributed by atoms with E-state index in [-0.39, 0.29) is 5.69 Å². The largest absolute Gasteiger partial charge is 0.350 e. The lowest BCUT2D eigenvalue weighted by Gasteiger charge is -2.00. The van der Waals surface area contributed by atoms with Crippen molar-refractivity contribution >= 4 is 17.3 Å². The summed E-state index contributed by atoms with van der Waals surface area (Å²) < 4.78 is 1.65. The van der Waals surface area contributed by atoms with Gasteiger partial charge in [0, 0.05) is 23.8 Å². The van der Waals surface area contributed by atoms with E-state index < -0.39 is 4.92 Å². The van der Waals surface area contributed by atoms with Crippen LogP contribution in [0, 0.1) is 10.1 Å². The standard InChI is InChI=1S/C11H9ClN2O2/c1-13-6-9(11(7-13)14(15)16)8-4-2-3-5-10(8)12/h2-7H,1H3. The van der Waals surface area contributed by atoms with Gasteiger partial charge in [0.15, 0.2) is 0 Å². The molecule has 0 spiro atoms. The maximum Gasteiger partial charge on any atom is 0.294 e. The summed E-state index contributed by atoms with van der Waals surface area (Å²) in [7, 11) is 1.74. The summed E-state index contributed by atoms with van der Waals surface area (Å²) >= 11 is 6.01. The first-order valence-electron chi connectivity index (χ1n) is 4.65. The highest BCUT2D eigenvalue weighted by Gasteiger charge is 2.19. The summed E-state index contributed by atoms with van der Waals surface area (Å²) in [6, 6.07) is 7.08. The molecule has 1 aromatic carbocycles. The molecule has 0 bridgehead atoms. The van der Waals surface area contributed by atoms with Crippen molar-refractivity contribution in [1.82, 2.24) is 4.57 Å². The van der Waals surface area contributed by atoms with Gasteiger partial charge < -0.3 is 4.57 Å². The maximum atomic E-state index is 10.9. The molecule has 0 saturated carbocycles. The summed E-state index contributed by atoms with van der Waals surface area (Å²) in [6.45, 7) is 0.